The molecule has 0 radical (unpaired) electrons. The maximum Gasteiger partial charge on any atom is 0.225 e. The Bertz CT molecular complexity index is 353. The minimum absolute atomic E-state index is 0.653. The second-order valence-electron chi connectivity index (χ2n) is 5.66. The summed E-state index contributed by atoms with van der Waals surface area (Å²) in [4.78, 5) is 11.2. The van der Waals surface area contributed by atoms with Gasteiger partial charge in [-0.15, -0.1) is 0 Å². The summed E-state index contributed by atoms with van der Waals surface area (Å²) in [6, 6.07) is 0. The molecular weight excluding hydrogens is 224 g/mol. The average Bonchev–Trinajstić information content (AvgIpc) is 2.39. The molecule has 1 aliphatic heterocycles. The summed E-state index contributed by atoms with van der Waals surface area (Å²) in [5.74, 6) is 2.21. The predicted octanol–water partition coefficient (Wildman–Crippen LogP) is 1.85. The minimum atomic E-state index is 0.653. The third kappa shape index (κ3) is 3.42. The molecule has 0 spiro atoms. The molecule has 0 bridgehead atoms. The molecule has 0 aromatic carbocycles. The van der Waals surface area contributed by atoms with E-state index >= 15 is 0 Å². The van der Waals surface area contributed by atoms with Crippen molar-refractivity contribution in [2.24, 2.45) is 17.6 Å². The van der Waals surface area contributed by atoms with E-state index in [0.29, 0.717) is 11.8 Å². The summed E-state index contributed by atoms with van der Waals surface area (Å²) in [6.45, 7) is 7.30. The number of nitrogens with zero attached hydrogens (tertiary/aromatic N) is 3. The lowest BCUT2D eigenvalue weighted by Gasteiger charge is -2.31. The van der Waals surface area contributed by atoms with Gasteiger partial charge < -0.3 is 10.6 Å². The first kappa shape index (κ1) is 13.3. The average molecular weight is 248 g/mol. The number of piperidine rings is 1. The first-order chi connectivity index (χ1) is 8.69. The lowest BCUT2D eigenvalue weighted by atomic mass is 9.97. The third-order valence-corrected chi connectivity index (χ3v) is 3.57. The Labute approximate surface area is 110 Å². The summed E-state index contributed by atoms with van der Waals surface area (Å²) in [7, 11) is 0. The van der Waals surface area contributed by atoms with Crippen molar-refractivity contribution in [3.8, 4) is 0 Å². The summed E-state index contributed by atoms with van der Waals surface area (Å²) in [5.41, 5.74) is 6.93. The molecule has 1 fully saturated rings. The zero-order valence-corrected chi connectivity index (χ0v) is 11.5. The maximum absolute atomic E-state index is 5.70. The van der Waals surface area contributed by atoms with Gasteiger partial charge in [0, 0.05) is 25.5 Å². The Hall–Kier alpha value is -1.16. The molecule has 0 amide bonds. The quantitative estimate of drug-likeness (QED) is 0.883. The highest BCUT2D eigenvalue weighted by Gasteiger charge is 2.19. The Morgan fingerprint density at radius 2 is 1.89 bits per heavy atom. The monoisotopic (exact) mass is 248 g/mol. The van der Waals surface area contributed by atoms with Gasteiger partial charge in [-0.25, -0.2) is 9.97 Å². The van der Waals surface area contributed by atoms with Crippen LogP contribution in [-0.2, 0) is 6.42 Å². The van der Waals surface area contributed by atoms with Crippen LogP contribution < -0.4 is 10.6 Å². The lowest BCUT2D eigenvalue weighted by Crippen LogP contribution is -2.37. The van der Waals surface area contributed by atoms with Crippen LogP contribution in [0.4, 0.5) is 5.95 Å². The molecule has 2 rings (SSSR count). The van der Waals surface area contributed by atoms with Gasteiger partial charge in [0.25, 0.3) is 0 Å². The van der Waals surface area contributed by atoms with Crippen LogP contribution in [0.5, 0.6) is 0 Å². The van der Waals surface area contributed by atoms with Crippen LogP contribution in [0.2, 0.25) is 0 Å². The molecule has 0 atom stereocenters. The highest BCUT2D eigenvalue weighted by Crippen LogP contribution is 2.19. The van der Waals surface area contributed by atoms with Crippen molar-refractivity contribution in [3.05, 3.63) is 18.0 Å². The number of hydrogen-bond acceptors (Lipinski definition) is 4. The van der Waals surface area contributed by atoms with Crippen molar-refractivity contribution in [1.82, 2.24) is 9.97 Å². The van der Waals surface area contributed by atoms with Crippen LogP contribution in [0.1, 0.15) is 32.3 Å². The number of hydrogen-bond donors (Lipinski definition) is 1. The van der Waals surface area contributed by atoms with E-state index in [1.807, 2.05) is 12.4 Å². The Morgan fingerprint density at radius 1 is 1.28 bits per heavy atom. The van der Waals surface area contributed by atoms with Crippen molar-refractivity contribution in [2.45, 2.75) is 33.1 Å². The molecule has 4 heteroatoms. The summed E-state index contributed by atoms with van der Waals surface area (Å²) < 4.78 is 0. The summed E-state index contributed by atoms with van der Waals surface area (Å²) >= 11 is 0. The van der Waals surface area contributed by atoms with E-state index in [0.717, 1.165) is 44.8 Å². The van der Waals surface area contributed by atoms with E-state index in [-0.39, 0.29) is 0 Å². The van der Waals surface area contributed by atoms with Gasteiger partial charge in [0.15, 0.2) is 0 Å². The topological polar surface area (TPSA) is 55.0 Å². The molecule has 1 aromatic heterocycles. The Kier molecular flexibility index (Phi) is 4.53. The van der Waals surface area contributed by atoms with Gasteiger partial charge in [0.2, 0.25) is 5.95 Å². The Balaban J connectivity index is 1.93. The second-order valence-corrected chi connectivity index (χ2v) is 5.66. The van der Waals surface area contributed by atoms with Crippen molar-refractivity contribution in [3.63, 3.8) is 0 Å². The van der Waals surface area contributed by atoms with Gasteiger partial charge in [-0.3, -0.25) is 0 Å². The van der Waals surface area contributed by atoms with Crippen LogP contribution in [-0.4, -0.2) is 29.6 Å². The van der Waals surface area contributed by atoms with Crippen LogP contribution in [0.25, 0.3) is 0 Å². The predicted molar refractivity (Wildman–Crippen MR) is 74.6 cm³/mol. The largest absolute Gasteiger partial charge is 0.341 e. The standard InChI is InChI=1S/C14H24N4/c1-11(2)7-13-9-16-14(17-10-13)18-5-3-12(8-15)4-6-18/h9-12H,3-8,15H2,1-2H3. The van der Waals surface area contributed by atoms with Gasteiger partial charge in [-0.05, 0) is 43.2 Å². The first-order valence-corrected chi connectivity index (χ1v) is 6.95. The molecule has 18 heavy (non-hydrogen) atoms. The fourth-order valence-corrected chi connectivity index (χ4v) is 2.46. The molecule has 100 valence electrons. The first-order valence-electron chi connectivity index (χ1n) is 6.95. The minimum Gasteiger partial charge on any atom is -0.341 e. The molecule has 0 saturated carbocycles. The van der Waals surface area contributed by atoms with Crippen LogP contribution in [0, 0.1) is 11.8 Å². The zero-order valence-electron chi connectivity index (χ0n) is 11.5. The van der Waals surface area contributed by atoms with Crippen LogP contribution in [0.3, 0.4) is 0 Å². The van der Waals surface area contributed by atoms with Crippen molar-refractivity contribution in [2.75, 3.05) is 24.5 Å². The summed E-state index contributed by atoms with van der Waals surface area (Å²) in [5, 5.41) is 0. The second kappa shape index (κ2) is 6.14. The molecule has 1 aliphatic rings. The fourth-order valence-electron chi connectivity index (χ4n) is 2.46. The lowest BCUT2D eigenvalue weighted by molar-refractivity contribution is 0.411. The molecular formula is C14H24N4. The smallest absolute Gasteiger partial charge is 0.225 e. The Morgan fingerprint density at radius 3 is 2.39 bits per heavy atom. The normalized spacial score (nSPS) is 17.4. The van der Waals surface area contributed by atoms with E-state index in [1.54, 1.807) is 0 Å². The van der Waals surface area contributed by atoms with Gasteiger partial charge >= 0.3 is 0 Å². The molecule has 2 heterocycles. The molecule has 1 aromatic rings. The van der Waals surface area contributed by atoms with Gasteiger partial charge in [-0.2, -0.15) is 0 Å². The molecule has 4 nitrogen and oxygen atoms in total. The van der Waals surface area contributed by atoms with E-state index in [1.165, 1.54) is 5.56 Å². The van der Waals surface area contributed by atoms with E-state index in [9.17, 15) is 0 Å². The maximum atomic E-state index is 5.70. The number of rotatable bonds is 4. The van der Waals surface area contributed by atoms with Crippen LogP contribution >= 0.6 is 0 Å². The van der Waals surface area contributed by atoms with Gasteiger partial charge in [0.1, 0.15) is 0 Å². The fraction of sp³-hybridized carbons (Fsp3) is 0.714. The van der Waals surface area contributed by atoms with Gasteiger partial charge in [0.05, 0.1) is 0 Å². The number of aromatic nitrogens is 2. The highest BCUT2D eigenvalue weighted by molar-refractivity contribution is 5.30. The molecule has 1 saturated heterocycles. The molecule has 0 aliphatic carbocycles. The van der Waals surface area contributed by atoms with Crippen LogP contribution in [0.15, 0.2) is 12.4 Å². The zero-order chi connectivity index (χ0) is 13.0. The van der Waals surface area contributed by atoms with Crippen molar-refractivity contribution in [1.29, 1.82) is 0 Å². The van der Waals surface area contributed by atoms with Crippen molar-refractivity contribution < 1.29 is 0 Å². The molecule has 2 N–H and O–H groups in total. The van der Waals surface area contributed by atoms with Crippen molar-refractivity contribution >= 4 is 5.95 Å². The third-order valence-electron chi connectivity index (χ3n) is 3.57. The number of nitrogens with two attached hydrogens (primary N) is 1. The molecule has 0 unspecified atom stereocenters. The number of anilines is 1. The van der Waals surface area contributed by atoms with E-state index < -0.39 is 0 Å². The highest BCUT2D eigenvalue weighted by atomic mass is 15.2. The summed E-state index contributed by atoms with van der Waals surface area (Å²) in [6.07, 6.45) is 7.31. The van der Waals surface area contributed by atoms with E-state index in [4.69, 9.17) is 5.73 Å². The SMILES string of the molecule is CC(C)Cc1cnc(N2CCC(CN)CC2)nc1. The van der Waals surface area contributed by atoms with E-state index in [2.05, 4.69) is 28.7 Å². The van der Waals surface area contributed by atoms with Gasteiger partial charge in [-0.1, -0.05) is 13.8 Å².